The monoisotopic (exact) mass is 444 g/mol. The first kappa shape index (κ1) is 22.6. The summed E-state index contributed by atoms with van der Waals surface area (Å²) in [4.78, 5) is 28.0. The van der Waals surface area contributed by atoms with Crippen LogP contribution in [-0.2, 0) is 4.74 Å². The first-order valence-electron chi connectivity index (χ1n) is 11.9. The van der Waals surface area contributed by atoms with Crippen molar-refractivity contribution >= 4 is 29.0 Å². The first-order valence-corrected chi connectivity index (χ1v) is 11.9. The molecule has 2 aromatic rings. The number of nitrogens with two attached hydrogens (primary N) is 1. The van der Waals surface area contributed by atoms with E-state index in [-0.39, 0.29) is 18.2 Å². The largest absolute Gasteiger partial charge is 0.450 e. The molecule has 10 nitrogen and oxygen atoms in total. The minimum Gasteiger partial charge on any atom is -0.450 e. The number of piperidine rings is 1. The second-order valence-electron chi connectivity index (χ2n) is 9.17. The Balaban J connectivity index is 1.51. The highest BCUT2D eigenvalue weighted by atomic mass is 16.6. The van der Waals surface area contributed by atoms with Crippen LogP contribution in [0.2, 0.25) is 0 Å². The van der Waals surface area contributed by atoms with Gasteiger partial charge in [0.2, 0.25) is 5.95 Å². The molecule has 0 aromatic carbocycles. The van der Waals surface area contributed by atoms with Crippen LogP contribution in [0.25, 0.3) is 11.2 Å². The van der Waals surface area contributed by atoms with Crippen molar-refractivity contribution in [3.05, 3.63) is 6.33 Å². The second kappa shape index (κ2) is 9.89. The summed E-state index contributed by atoms with van der Waals surface area (Å²) >= 11 is 0. The Morgan fingerprint density at radius 2 is 1.81 bits per heavy atom. The maximum atomic E-state index is 12.0. The Bertz CT molecular complexity index is 914. The number of carbonyl (C=O) groups is 1. The van der Waals surface area contributed by atoms with E-state index < -0.39 is 0 Å². The number of hydrogen-bond acceptors (Lipinski definition) is 8. The third kappa shape index (κ3) is 5.06. The number of likely N-dealkylation sites (tertiary alicyclic amines) is 1. The van der Waals surface area contributed by atoms with E-state index in [1.807, 2.05) is 13.3 Å². The fourth-order valence-corrected chi connectivity index (χ4v) is 4.52. The number of nitrogens with zero attached hydrogens (tertiary/aromatic N) is 5. The number of ether oxygens (including phenoxy) is 1. The van der Waals surface area contributed by atoms with Gasteiger partial charge in [-0.05, 0) is 59.3 Å². The Kier molecular flexibility index (Phi) is 6.98. The van der Waals surface area contributed by atoms with E-state index in [1.165, 1.54) is 0 Å². The molecule has 1 saturated heterocycles. The summed E-state index contributed by atoms with van der Waals surface area (Å²) in [7, 11) is 0. The zero-order valence-electron chi connectivity index (χ0n) is 19.4. The molecule has 10 heteroatoms. The summed E-state index contributed by atoms with van der Waals surface area (Å²) in [5.41, 5.74) is 7.67. The molecule has 2 aromatic heterocycles. The van der Waals surface area contributed by atoms with E-state index in [2.05, 4.69) is 34.0 Å². The van der Waals surface area contributed by atoms with Crippen molar-refractivity contribution in [2.75, 3.05) is 30.3 Å². The number of imidazole rings is 1. The standard InChI is InChI=1S/C22H36N8O2/c1-4-32-22(31)29-11-9-17(10-12-29)25-19-18-20(30(13-24-18)14(2)3)28-21(27-19)26-16-7-5-15(23)6-8-16/h13-17H,4-12,23H2,1-3H3,(H2,25,26,27,28)/t15-,16-. The predicted octanol–water partition coefficient (Wildman–Crippen LogP) is 3.12. The molecule has 1 amide bonds. The zero-order chi connectivity index (χ0) is 22.7. The van der Waals surface area contributed by atoms with E-state index in [1.54, 1.807) is 4.90 Å². The summed E-state index contributed by atoms with van der Waals surface area (Å²) in [6.07, 6.45) is 7.37. The Morgan fingerprint density at radius 3 is 2.47 bits per heavy atom. The highest BCUT2D eigenvalue weighted by molar-refractivity contribution is 5.84. The van der Waals surface area contributed by atoms with Crippen LogP contribution >= 0.6 is 0 Å². The van der Waals surface area contributed by atoms with Gasteiger partial charge >= 0.3 is 6.09 Å². The molecule has 1 saturated carbocycles. The molecular formula is C22H36N8O2. The van der Waals surface area contributed by atoms with Crippen molar-refractivity contribution in [2.45, 2.75) is 83.5 Å². The molecule has 0 atom stereocenters. The van der Waals surface area contributed by atoms with Crippen molar-refractivity contribution in [1.29, 1.82) is 0 Å². The van der Waals surface area contributed by atoms with Gasteiger partial charge < -0.3 is 30.6 Å². The van der Waals surface area contributed by atoms with Crippen molar-refractivity contribution in [3.8, 4) is 0 Å². The quantitative estimate of drug-likeness (QED) is 0.621. The predicted molar refractivity (Wildman–Crippen MR) is 125 cm³/mol. The summed E-state index contributed by atoms with van der Waals surface area (Å²) in [5.74, 6) is 1.38. The van der Waals surface area contributed by atoms with Gasteiger partial charge in [0, 0.05) is 37.3 Å². The SMILES string of the molecule is CCOC(=O)N1CCC(Nc2nc(N[C@H]3CC[C@H](N)CC3)nc3c2ncn3C(C)C)CC1. The van der Waals surface area contributed by atoms with E-state index in [0.29, 0.717) is 37.7 Å². The van der Waals surface area contributed by atoms with Crippen LogP contribution in [0.3, 0.4) is 0 Å². The molecule has 1 aliphatic carbocycles. The van der Waals surface area contributed by atoms with Crippen LogP contribution in [0.4, 0.5) is 16.6 Å². The molecule has 32 heavy (non-hydrogen) atoms. The number of anilines is 2. The number of carbonyl (C=O) groups excluding carboxylic acids is 1. The third-order valence-electron chi connectivity index (χ3n) is 6.44. The summed E-state index contributed by atoms with van der Waals surface area (Å²) in [6.45, 7) is 7.80. The van der Waals surface area contributed by atoms with Gasteiger partial charge in [0.15, 0.2) is 17.0 Å². The van der Waals surface area contributed by atoms with Crippen LogP contribution in [0, 0.1) is 0 Å². The molecule has 0 spiro atoms. The molecule has 2 fully saturated rings. The lowest BCUT2D eigenvalue weighted by molar-refractivity contribution is 0.0983. The average Bonchev–Trinajstić information content (AvgIpc) is 3.21. The number of nitrogens with one attached hydrogen (secondary N) is 2. The third-order valence-corrected chi connectivity index (χ3v) is 6.44. The number of fused-ring (bicyclic) bond motifs is 1. The Labute approximate surface area is 189 Å². The topological polar surface area (TPSA) is 123 Å². The van der Waals surface area contributed by atoms with E-state index >= 15 is 0 Å². The van der Waals surface area contributed by atoms with Gasteiger partial charge in [0.05, 0.1) is 12.9 Å². The molecule has 0 unspecified atom stereocenters. The van der Waals surface area contributed by atoms with Gasteiger partial charge in [0.1, 0.15) is 0 Å². The minimum absolute atomic E-state index is 0.212. The van der Waals surface area contributed by atoms with Gasteiger partial charge in [0.25, 0.3) is 0 Å². The van der Waals surface area contributed by atoms with Crippen molar-refractivity contribution in [3.63, 3.8) is 0 Å². The molecule has 4 rings (SSSR count). The van der Waals surface area contributed by atoms with Gasteiger partial charge in [-0.15, -0.1) is 0 Å². The average molecular weight is 445 g/mol. The maximum absolute atomic E-state index is 12.0. The summed E-state index contributed by atoms with van der Waals surface area (Å²) in [5, 5.41) is 7.12. The lowest BCUT2D eigenvalue weighted by atomic mass is 9.92. The van der Waals surface area contributed by atoms with E-state index in [4.69, 9.17) is 20.4 Å². The van der Waals surface area contributed by atoms with Crippen molar-refractivity contribution in [1.82, 2.24) is 24.4 Å². The molecule has 3 heterocycles. The minimum atomic E-state index is -0.232. The van der Waals surface area contributed by atoms with Gasteiger partial charge in [-0.3, -0.25) is 0 Å². The molecule has 4 N–H and O–H groups in total. The fourth-order valence-electron chi connectivity index (χ4n) is 4.52. The number of hydrogen-bond donors (Lipinski definition) is 3. The summed E-state index contributed by atoms with van der Waals surface area (Å²) in [6, 6.07) is 1.10. The summed E-state index contributed by atoms with van der Waals surface area (Å²) < 4.78 is 7.21. The normalized spacial score (nSPS) is 22.3. The number of aromatic nitrogens is 4. The van der Waals surface area contributed by atoms with Gasteiger partial charge in [-0.1, -0.05) is 0 Å². The number of rotatable bonds is 6. The molecule has 176 valence electrons. The van der Waals surface area contributed by atoms with Crippen LogP contribution < -0.4 is 16.4 Å². The lowest BCUT2D eigenvalue weighted by Gasteiger charge is -2.32. The molecular weight excluding hydrogens is 408 g/mol. The highest BCUT2D eigenvalue weighted by Crippen LogP contribution is 2.27. The van der Waals surface area contributed by atoms with Crippen molar-refractivity contribution in [2.24, 2.45) is 5.73 Å². The van der Waals surface area contributed by atoms with Crippen molar-refractivity contribution < 1.29 is 9.53 Å². The maximum Gasteiger partial charge on any atom is 0.409 e. The molecule has 0 radical (unpaired) electrons. The van der Waals surface area contributed by atoms with Crippen LogP contribution in [0.15, 0.2) is 6.33 Å². The zero-order valence-corrected chi connectivity index (χ0v) is 19.4. The fraction of sp³-hybridized carbons (Fsp3) is 0.727. The van der Waals surface area contributed by atoms with Crippen LogP contribution in [-0.4, -0.2) is 68.3 Å². The first-order chi connectivity index (χ1) is 15.4. The molecule has 0 bridgehead atoms. The smallest absolute Gasteiger partial charge is 0.409 e. The van der Waals surface area contributed by atoms with E-state index in [0.717, 1.165) is 55.5 Å². The molecule has 2 aliphatic rings. The number of amides is 1. The highest BCUT2D eigenvalue weighted by Gasteiger charge is 2.26. The van der Waals surface area contributed by atoms with Gasteiger partial charge in [-0.25, -0.2) is 9.78 Å². The van der Waals surface area contributed by atoms with Crippen LogP contribution in [0.5, 0.6) is 0 Å². The lowest BCUT2D eigenvalue weighted by Crippen LogP contribution is -2.42. The Morgan fingerprint density at radius 1 is 1.12 bits per heavy atom. The Hall–Kier alpha value is -2.62. The van der Waals surface area contributed by atoms with E-state index in [9.17, 15) is 4.79 Å². The molecule has 1 aliphatic heterocycles. The van der Waals surface area contributed by atoms with Gasteiger partial charge in [-0.2, -0.15) is 9.97 Å². The second-order valence-corrected chi connectivity index (χ2v) is 9.17. The van der Waals surface area contributed by atoms with Crippen LogP contribution in [0.1, 0.15) is 65.3 Å².